The summed E-state index contributed by atoms with van der Waals surface area (Å²) in [7, 11) is 0. The monoisotopic (exact) mass is 325 g/mol. The first-order valence-electron chi connectivity index (χ1n) is 9.05. The van der Waals surface area contributed by atoms with Crippen molar-refractivity contribution in [2.45, 2.75) is 38.3 Å². The lowest BCUT2D eigenvalue weighted by Crippen LogP contribution is -2.44. The number of H-pyrrole nitrogens is 1. The number of aromatic amines is 1. The third-order valence-corrected chi connectivity index (χ3v) is 5.70. The van der Waals surface area contributed by atoms with Crippen molar-refractivity contribution in [3.63, 3.8) is 0 Å². The number of nitrogens with zero attached hydrogens (tertiary/aromatic N) is 2. The molecule has 5 nitrogen and oxygen atoms in total. The average molecular weight is 325 g/mol. The average Bonchev–Trinajstić information content (AvgIpc) is 3.28. The van der Waals surface area contributed by atoms with Gasteiger partial charge in [-0.15, -0.1) is 0 Å². The van der Waals surface area contributed by atoms with Crippen LogP contribution in [0.25, 0.3) is 0 Å². The smallest absolute Gasteiger partial charge is 0.0922 e. The highest BCUT2D eigenvalue weighted by Gasteiger charge is 2.36. The number of rotatable bonds is 4. The molecule has 5 heteroatoms. The number of piperidine rings is 1. The summed E-state index contributed by atoms with van der Waals surface area (Å²) in [6, 6.07) is 9.38. The highest BCUT2D eigenvalue weighted by atomic mass is 15.4. The summed E-state index contributed by atoms with van der Waals surface area (Å²) in [6.07, 6.45) is 6.22. The van der Waals surface area contributed by atoms with E-state index in [9.17, 15) is 0 Å². The number of aromatic nitrogens is 2. The lowest BCUT2D eigenvalue weighted by molar-refractivity contribution is 0.150. The van der Waals surface area contributed by atoms with Crippen LogP contribution in [0.1, 0.15) is 35.6 Å². The first-order valence-corrected chi connectivity index (χ1v) is 9.05. The van der Waals surface area contributed by atoms with Gasteiger partial charge in [-0.05, 0) is 49.9 Å². The maximum atomic E-state index is 4.12. The van der Waals surface area contributed by atoms with Gasteiger partial charge in [-0.25, -0.2) is 4.98 Å². The van der Waals surface area contributed by atoms with E-state index in [0.29, 0.717) is 12.0 Å². The van der Waals surface area contributed by atoms with Crippen LogP contribution < -0.4 is 10.9 Å². The molecule has 2 aliphatic heterocycles. The van der Waals surface area contributed by atoms with Gasteiger partial charge in [0, 0.05) is 36.9 Å². The van der Waals surface area contributed by atoms with Crippen molar-refractivity contribution in [1.82, 2.24) is 25.7 Å². The highest BCUT2D eigenvalue weighted by Crippen LogP contribution is 2.33. The number of nitrogens with one attached hydrogen (secondary N) is 3. The fraction of sp³-hybridized carbons (Fsp3) is 0.526. The van der Waals surface area contributed by atoms with E-state index < -0.39 is 0 Å². The Morgan fingerprint density at radius 1 is 1.21 bits per heavy atom. The van der Waals surface area contributed by atoms with E-state index in [0.717, 1.165) is 19.0 Å². The second-order valence-electron chi connectivity index (χ2n) is 7.20. The number of hydrazine groups is 1. The van der Waals surface area contributed by atoms with Gasteiger partial charge in [0.25, 0.3) is 0 Å². The fourth-order valence-corrected chi connectivity index (χ4v) is 4.35. The van der Waals surface area contributed by atoms with E-state index in [2.05, 4.69) is 56.9 Å². The Hall–Kier alpha value is -1.69. The van der Waals surface area contributed by atoms with Crippen LogP contribution in [0.3, 0.4) is 0 Å². The zero-order valence-corrected chi connectivity index (χ0v) is 14.3. The standard InChI is InChI=1S/C19H27N5/c1-14-4-2-3-5-17(14)18-11-22-23-19(18)15-6-8-24(9-7-15)12-16-10-20-13-21-16/h2-5,10,13,15,18-19,22-23H,6-9,11-12H2,1H3,(H,20,21). The van der Waals surface area contributed by atoms with Crippen molar-refractivity contribution in [2.75, 3.05) is 19.6 Å². The number of hydrogen-bond acceptors (Lipinski definition) is 4. The summed E-state index contributed by atoms with van der Waals surface area (Å²) in [4.78, 5) is 9.86. The molecule has 0 aliphatic carbocycles. The maximum absolute atomic E-state index is 4.12. The Balaban J connectivity index is 1.39. The third-order valence-electron chi connectivity index (χ3n) is 5.70. The lowest BCUT2D eigenvalue weighted by Gasteiger charge is -2.36. The molecule has 24 heavy (non-hydrogen) atoms. The van der Waals surface area contributed by atoms with Crippen molar-refractivity contribution in [3.8, 4) is 0 Å². The Kier molecular flexibility index (Phi) is 4.65. The number of imidazole rings is 1. The third kappa shape index (κ3) is 3.24. The van der Waals surface area contributed by atoms with Gasteiger partial charge in [0.15, 0.2) is 0 Å². The minimum absolute atomic E-state index is 0.542. The van der Waals surface area contributed by atoms with E-state index in [-0.39, 0.29) is 0 Å². The lowest BCUT2D eigenvalue weighted by atomic mass is 9.79. The molecule has 0 saturated carbocycles. The van der Waals surface area contributed by atoms with Crippen molar-refractivity contribution in [1.29, 1.82) is 0 Å². The minimum atomic E-state index is 0.542. The van der Waals surface area contributed by atoms with Crippen LogP contribution in [0.4, 0.5) is 0 Å². The molecule has 3 heterocycles. The molecular weight excluding hydrogens is 298 g/mol. The van der Waals surface area contributed by atoms with E-state index >= 15 is 0 Å². The molecule has 2 saturated heterocycles. The van der Waals surface area contributed by atoms with Gasteiger partial charge in [0.2, 0.25) is 0 Å². The second kappa shape index (κ2) is 7.05. The van der Waals surface area contributed by atoms with Gasteiger partial charge in [0.1, 0.15) is 0 Å². The molecule has 2 fully saturated rings. The predicted molar refractivity (Wildman–Crippen MR) is 95.4 cm³/mol. The normalized spacial score (nSPS) is 26.0. The second-order valence-corrected chi connectivity index (χ2v) is 7.20. The van der Waals surface area contributed by atoms with Crippen LogP contribution in [0.2, 0.25) is 0 Å². The first-order chi connectivity index (χ1) is 11.8. The highest BCUT2D eigenvalue weighted by molar-refractivity contribution is 5.31. The molecule has 0 spiro atoms. The molecule has 3 N–H and O–H groups in total. The molecule has 1 aromatic carbocycles. The van der Waals surface area contributed by atoms with Gasteiger partial charge in [-0.3, -0.25) is 15.8 Å². The van der Waals surface area contributed by atoms with Crippen LogP contribution in [-0.2, 0) is 6.54 Å². The SMILES string of the molecule is Cc1ccccc1C1CNNC1C1CCN(Cc2cnc[nH]2)CC1. The van der Waals surface area contributed by atoms with Crippen LogP contribution in [0, 0.1) is 12.8 Å². The van der Waals surface area contributed by atoms with Crippen LogP contribution in [-0.4, -0.2) is 40.5 Å². The van der Waals surface area contributed by atoms with Gasteiger partial charge in [-0.2, -0.15) is 0 Å². The summed E-state index contributed by atoms with van der Waals surface area (Å²) in [5.74, 6) is 1.32. The van der Waals surface area contributed by atoms with E-state index in [1.807, 2.05) is 6.20 Å². The van der Waals surface area contributed by atoms with E-state index in [1.165, 1.54) is 42.8 Å². The Bertz CT molecular complexity index is 646. The van der Waals surface area contributed by atoms with Gasteiger partial charge >= 0.3 is 0 Å². The molecule has 1 aromatic heterocycles. The number of likely N-dealkylation sites (tertiary alicyclic amines) is 1. The number of aryl methyl sites for hydroxylation is 1. The minimum Gasteiger partial charge on any atom is -0.347 e. The molecule has 128 valence electrons. The predicted octanol–water partition coefficient (Wildman–Crippen LogP) is 2.19. The van der Waals surface area contributed by atoms with Crippen molar-refractivity contribution >= 4 is 0 Å². The van der Waals surface area contributed by atoms with Crippen molar-refractivity contribution < 1.29 is 0 Å². The fourth-order valence-electron chi connectivity index (χ4n) is 4.35. The largest absolute Gasteiger partial charge is 0.347 e. The molecule has 0 amide bonds. The number of benzene rings is 1. The zero-order chi connectivity index (χ0) is 16.4. The molecule has 2 aromatic rings. The summed E-state index contributed by atoms with van der Waals surface area (Å²) >= 11 is 0. The van der Waals surface area contributed by atoms with Gasteiger partial charge in [-0.1, -0.05) is 24.3 Å². The molecule has 2 unspecified atom stereocenters. The molecule has 4 rings (SSSR count). The van der Waals surface area contributed by atoms with Crippen LogP contribution in [0.15, 0.2) is 36.8 Å². The quantitative estimate of drug-likeness (QED) is 0.806. The maximum Gasteiger partial charge on any atom is 0.0922 e. The summed E-state index contributed by atoms with van der Waals surface area (Å²) in [5, 5.41) is 0. The summed E-state index contributed by atoms with van der Waals surface area (Å²) < 4.78 is 0. The molecular formula is C19H27N5. The summed E-state index contributed by atoms with van der Waals surface area (Å²) in [6.45, 7) is 6.59. The zero-order valence-electron chi connectivity index (χ0n) is 14.3. The van der Waals surface area contributed by atoms with Crippen LogP contribution in [0.5, 0.6) is 0 Å². The number of hydrogen-bond donors (Lipinski definition) is 3. The summed E-state index contributed by atoms with van der Waals surface area (Å²) in [5.41, 5.74) is 11.1. The topological polar surface area (TPSA) is 56.0 Å². The van der Waals surface area contributed by atoms with Crippen molar-refractivity contribution in [3.05, 3.63) is 53.6 Å². The molecule has 0 bridgehead atoms. The van der Waals surface area contributed by atoms with Gasteiger partial charge in [0.05, 0.1) is 6.33 Å². The molecule has 2 atom stereocenters. The Morgan fingerprint density at radius 3 is 2.79 bits per heavy atom. The first kappa shape index (κ1) is 15.8. The van der Waals surface area contributed by atoms with Gasteiger partial charge < -0.3 is 4.98 Å². The molecule has 0 radical (unpaired) electrons. The van der Waals surface area contributed by atoms with Crippen LogP contribution >= 0.6 is 0 Å². The Morgan fingerprint density at radius 2 is 2.04 bits per heavy atom. The Labute approximate surface area is 143 Å². The van der Waals surface area contributed by atoms with Crippen molar-refractivity contribution in [2.24, 2.45) is 5.92 Å². The van der Waals surface area contributed by atoms with E-state index in [1.54, 1.807) is 6.33 Å². The molecule has 2 aliphatic rings. The van der Waals surface area contributed by atoms with E-state index in [4.69, 9.17) is 0 Å².